The fraction of sp³-hybridized carbons (Fsp3) is 0.765. The summed E-state index contributed by atoms with van der Waals surface area (Å²) in [5.74, 6) is 1.73. The van der Waals surface area contributed by atoms with Crippen LogP contribution in [0.25, 0.3) is 0 Å². The van der Waals surface area contributed by atoms with Gasteiger partial charge in [-0.05, 0) is 19.3 Å². The van der Waals surface area contributed by atoms with Gasteiger partial charge in [0.2, 0.25) is 0 Å². The smallest absolute Gasteiger partial charge is 0.191 e. The molecule has 0 saturated carbocycles. The Bertz CT molecular complexity index is 428. The Kier molecular flexibility index (Phi) is 13.2. The number of aromatic nitrogens is 2. The van der Waals surface area contributed by atoms with Crippen LogP contribution in [0.3, 0.4) is 0 Å². The van der Waals surface area contributed by atoms with E-state index in [1.165, 1.54) is 32.1 Å². The van der Waals surface area contributed by atoms with E-state index in [-0.39, 0.29) is 24.0 Å². The van der Waals surface area contributed by atoms with Crippen LogP contribution in [0.4, 0.5) is 0 Å². The molecule has 23 heavy (non-hydrogen) atoms. The van der Waals surface area contributed by atoms with Gasteiger partial charge < -0.3 is 10.6 Å². The molecule has 0 aromatic carbocycles. The third-order valence-corrected chi connectivity index (χ3v) is 3.52. The van der Waals surface area contributed by atoms with Crippen LogP contribution in [-0.4, -0.2) is 28.8 Å². The predicted molar refractivity (Wildman–Crippen MR) is 109 cm³/mol. The first kappa shape index (κ1) is 22.2. The monoisotopic (exact) mass is 435 g/mol. The molecule has 0 amide bonds. The van der Waals surface area contributed by atoms with Crippen molar-refractivity contribution >= 4 is 29.9 Å². The maximum Gasteiger partial charge on any atom is 0.191 e. The molecule has 134 valence electrons. The second kappa shape index (κ2) is 13.6. The van der Waals surface area contributed by atoms with Crippen molar-refractivity contribution in [2.24, 2.45) is 18.0 Å². The first-order chi connectivity index (χ1) is 10.6. The van der Waals surface area contributed by atoms with Crippen molar-refractivity contribution in [3.8, 4) is 0 Å². The number of nitrogens with zero attached hydrogens (tertiary/aromatic N) is 3. The van der Waals surface area contributed by atoms with E-state index in [2.05, 4.69) is 41.5 Å². The normalized spacial score (nSPS) is 11.4. The Balaban J connectivity index is 0.00000484. The third-order valence-electron chi connectivity index (χ3n) is 3.52. The third kappa shape index (κ3) is 11.4. The molecule has 1 rings (SSSR count). The van der Waals surface area contributed by atoms with E-state index < -0.39 is 0 Å². The van der Waals surface area contributed by atoms with Gasteiger partial charge in [-0.15, -0.1) is 24.0 Å². The minimum absolute atomic E-state index is 0. The zero-order valence-corrected chi connectivity index (χ0v) is 17.5. The molecule has 0 saturated heterocycles. The van der Waals surface area contributed by atoms with Crippen molar-refractivity contribution in [2.75, 3.05) is 13.1 Å². The van der Waals surface area contributed by atoms with Gasteiger partial charge >= 0.3 is 0 Å². The van der Waals surface area contributed by atoms with Crippen molar-refractivity contribution in [2.45, 2.75) is 59.4 Å². The summed E-state index contributed by atoms with van der Waals surface area (Å²) in [7, 11) is 1.93. The summed E-state index contributed by atoms with van der Waals surface area (Å²) in [6.07, 6.45) is 10.4. The van der Waals surface area contributed by atoms with E-state index in [9.17, 15) is 0 Å². The second-order valence-corrected chi connectivity index (χ2v) is 6.24. The van der Waals surface area contributed by atoms with Gasteiger partial charge in [-0.25, -0.2) is 4.99 Å². The minimum atomic E-state index is 0. The zero-order valence-electron chi connectivity index (χ0n) is 15.1. The minimum Gasteiger partial charge on any atom is -0.357 e. The topological polar surface area (TPSA) is 54.2 Å². The molecule has 0 unspecified atom stereocenters. The molecule has 5 nitrogen and oxygen atoms in total. The molecule has 0 fully saturated rings. The maximum atomic E-state index is 4.60. The van der Waals surface area contributed by atoms with Crippen LogP contribution in [0, 0.1) is 5.92 Å². The summed E-state index contributed by atoms with van der Waals surface area (Å²) >= 11 is 0. The van der Waals surface area contributed by atoms with Gasteiger partial charge in [0.25, 0.3) is 0 Å². The largest absolute Gasteiger partial charge is 0.357 e. The van der Waals surface area contributed by atoms with Crippen molar-refractivity contribution < 1.29 is 0 Å². The SMILES string of the molecule is CCNC(=NCc1cnn(C)c1)NCCCCCCC(C)C.I. The first-order valence-corrected chi connectivity index (χ1v) is 8.61. The number of nitrogens with one attached hydrogen (secondary N) is 2. The lowest BCUT2D eigenvalue weighted by molar-refractivity contribution is 0.518. The average molecular weight is 435 g/mol. The molecule has 0 radical (unpaired) electrons. The van der Waals surface area contributed by atoms with Crippen molar-refractivity contribution in [3.63, 3.8) is 0 Å². The van der Waals surface area contributed by atoms with Crippen molar-refractivity contribution in [1.82, 2.24) is 20.4 Å². The summed E-state index contributed by atoms with van der Waals surface area (Å²) in [6.45, 7) is 9.21. The highest BCUT2D eigenvalue weighted by atomic mass is 127. The Morgan fingerprint density at radius 1 is 1.22 bits per heavy atom. The van der Waals surface area contributed by atoms with Crippen molar-refractivity contribution in [1.29, 1.82) is 0 Å². The number of unbranched alkanes of at least 4 members (excludes halogenated alkanes) is 3. The second-order valence-electron chi connectivity index (χ2n) is 6.24. The van der Waals surface area contributed by atoms with E-state index in [4.69, 9.17) is 0 Å². The van der Waals surface area contributed by atoms with Crippen LogP contribution in [0.1, 0.15) is 58.4 Å². The number of hydrogen-bond donors (Lipinski definition) is 2. The van der Waals surface area contributed by atoms with Gasteiger partial charge in [0, 0.05) is 31.9 Å². The van der Waals surface area contributed by atoms with E-state index >= 15 is 0 Å². The molecule has 0 bridgehead atoms. The predicted octanol–water partition coefficient (Wildman–Crippen LogP) is 3.70. The van der Waals surface area contributed by atoms with Crippen LogP contribution in [-0.2, 0) is 13.6 Å². The molecule has 1 heterocycles. The Hall–Kier alpha value is -0.790. The summed E-state index contributed by atoms with van der Waals surface area (Å²) in [4.78, 5) is 4.60. The van der Waals surface area contributed by atoms with Crippen LogP contribution in [0.5, 0.6) is 0 Å². The van der Waals surface area contributed by atoms with Crippen LogP contribution in [0.2, 0.25) is 0 Å². The van der Waals surface area contributed by atoms with Crippen LogP contribution >= 0.6 is 24.0 Å². The first-order valence-electron chi connectivity index (χ1n) is 8.61. The molecule has 0 aliphatic carbocycles. The molecular formula is C17H34IN5. The number of rotatable bonds is 10. The number of aryl methyl sites for hydroxylation is 1. The lowest BCUT2D eigenvalue weighted by atomic mass is 10.0. The summed E-state index contributed by atoms with van der Waals surface area (Å²) in [5.41, 5.74) is 1.13. The molecule has 0 spiro atoms. The van der Waals surface area contributed by atoms with Gasteiger partial charge in [0.05, 0.1) is 12.7 Å². The maximum absolute atomic E-state index is 4.60. The van der Waals surface area contributed by atoms with E-state index in [0.717, 1.165) is 30.5 Å². The molecular weight excluding hydrogens is 401 g/mol. The van der Waals surface area contributed by atoms with Crippen molar-refractivity contribution in [3.05, 3.63) is 18.0 Å². The summed E-state index contributed by atoms with van der Waals surface area (Å²) < 4.78 is 1.81. The van der Waals surface area contributed by atoms with Gasteiger partial charge in [-0.1, -0.05) is 39.5 Å². The fourth-order valence-corrected chi connectivity index (χ4v) is 2.30. The number of aliphatic imine (C=N–C) groups is 1. The molecule has 1 aromatic heterocycles. The van der Waals surface area contributed by atoms with E-state index in [1.54, 1.807) is 0 Å². The highest BCUT2D eigenvalue weighted by Crippen LogP contribution is 2.08. The van der Waals surface area contributed by atoms with Gasteiger partial charge in [-0.2, -0.15) is 5.10 Å². The molecule has 6 heteroatoms. The zero-order chi connectivity index (χ0) is 16.2. The number of halogens is 1. The van der Waals surface area contributed by atoms with Crippen LogP contribution in [0.15, 0.2) is 17.4 Å². The molecule has 0 aliphatic rings. The molecule has 0 aliphatic heterocycles. The Labute approximate surface area is 158 Å². The Morgan fingerprint density at radius 2 is 1.96 bits per heavy atom. The van der Waals surface area contributed by atoms with Crippen LogP contribution < -0.4 is 10.6 Å². The molecule has 0 atom stereocenters. The standard InChI is InChI=1S/C17H33N5.HI/c1-5-18-17(20-12-16-13-21-22(4)14-16)19-11-9-7-6-8-10-15(2)3;/h13-15H,5-12H2,1-4H3,(H2,18,19,20);1H. The quantitative estimate of drug-likeness (QED) is 0.255. The summed E-state index contributed by atoms with van der Waals surface area (Å²) in [6, 6.07) is 0. The fourth-order valence-electron chi connectivity index (χ4n) is 2.30. The average Bonchev–Trinajstić information content (AvgIpc) is 2.89. The summed E-state index contributed by atoms with van der Waals surface area (Å²) in [5, 5.41) is 10.9. The van der Waals surface area contributed by atoms with E-state index in [0.29, 0.717) is 6.54 Å². The lowest BCUT2D eigenvalue weighted by Gasteiger charge is -2.11. The van der Waals surface area contributed by atoms with Gasteiger partial charge in [0.1, 0.15) is 0 Å². The number of guanidine groups is 1. The van der Waals surface area contributed by atoms with Gasteiger partial charge in [0.15, 0.2) is 5.96 Å². The molecule has 1 aromatic rings. The highest BCUT2D eigenvalue weighted by Gasteiger charge is 1.99. The highest BCUT2D eigenvalue weighted by molar-refractivity contribution is 14.0. The van der Waals surface area contributed by atoms with Gasteiger partial charge in [-0.3, -0.25) is 4.68 Å². The Morgan fingerprint density at radius 3 is 2.57 bits per heavy atom. The number of hydrogen-bond acceptors (Lipinski definition) is 2. The molecule has 2 N–H and O–H groups in total. The van der Waals surface area contributed by atoms with E-state index in [1.807, 2.05) is 24.1 Å². The lowest BCUT2D eigenvalue weighted by Crippen LogP contribution is -2.37.